The van der Waals surface area contributed by atoms with Gasteiger partial charge in [-0.15, -0.1) is 0 Å². The zero-order valence-corrected chi connectivity index (χ0v) is 13.5. The van der Waals surface area contributed by atoms with Crippen molar-refractivity contribution in [2.45, 2.75) is 10.9 Å². The van der Waals surface area contributed by atoms with Gasteiger partial charge >= 0.3 is 5.69 Å². The molecule has 23 heavy (non-hydrogen) atoms. The number of nitriles is 1. The molecule has 0 bridgehead atoms. The highest BCUT2D eigenvalue weighted by Crippen LogP contribution is 2.31. The molecule has 0 atom stereocenters. The molecule has 0 saturated carbocycles. The van der Waals surface area contributed by atoms with Gasteiger partial charge in [-0.1, -0.05) is 35.5 Å². The first kappa shape index (κ1) is 15.4. The van der Waals surface area contributed by atoms with Gasteiger partial charge in [0.05, 0.1) is 18.3 Å². The number of rotatable bonds is 4. The van der Waals surface area contributed by atoms with Gasteiger partial charge in [-0.3, -0.25) is 4.98 Å². The molecule has 2 aromatic heterocycles. The van der Waals surface area contributed by atoms with Gasteiger partial charge < -0.3 is 4.74 Å². The number of thioether (sulfide) groups is 1. The van der Waals surface area contributed by atoms with Crippen LogP contribution >= 0.6 is 23.4 Å². The van der Waals surface area contributed by atoms with Crippen LogP contribution in [-0.2, 0) is 5.75 Å². The second-order valence-corrected chi connectivity index (χ2v) is 5.82. The zero-order chi connectivity index (χ0) is 16.4. The molecule has 0 aliphatic heterocycles. The van der Waals surface area contributed by atoms with Crippen molar-refractivity contribution >= 4 is 29.0 Å². The van der Waals surface area contributed by atoms with E-state index in [-0.39, 0.29) is 11.2 Å². The molecule has 1 N–H and O–H groups in total. The maximum Gasteiger partial charge on any atom is 0.350 e. The Kier molecular flexibility index (Phi) is 4.23. The molecule has 3 rings (SSSR count). The smallest absolute Gasteiger partial charge is 0.350 e. The number of ether oxygens (including phenoxy) is 1. The molecule has 0 aliphatic rings. The summed E-state index contributed by atoms with van der Waals surface area (Å²) in [5.41, 5.74) is 0.885. The largest absolute Gasteiger partial charge is 0.495 e. The number of hydrogen-bond acceptors (Lipinski definition) is 6. The molecule has 1 aromatic carbocycles. The number of aromatic nitrogens is 4. The Morgan fingerprint density at radius 1 is 1.52 bits per heavy atom. The Morgan fingerprint density at radius 2 is 2.35 bits per heavy atom. The highest BCUT2D eigenvalue weighted by molar-refractivity contribution is 7.98. The van der Waals surface area contributed by atoms with Gasteiger partial charge in [0, 0.05) is 5.75 Å². The van der Waals surface area contributed by atoms with Gasteiger partial charge in [0.15, 0.2) is 10.8 Å². The van der Waals surface area contributed by atoms with E-state index in [0.29, 0.717) is 21.7 Å². The average Bonchev–Trinajstić information content (AvgIpc) is 2.97. The Balaban J connectivity index is 1.91. The molecule has 0 unspecified atom stereocenters. The van der Waals surface area contributed by atoms with Gasteiger partial charge in [0.25, 0.3) is 0 Å². The Labute approximate surface area is 139 Å². The second-order valence-electron chi connectivity index (χ2n) is 4.47. The first-order valence-corrected chi connectivity index (χ1v) is 7.82. The first-order chi connectivity index (χ1) is 11.1. The summed E-state index contributed by atoms with van der Waals surface area (Å²) in [6.45, 7) is 0. The Bertz CT molecular complexity index is 975. The minimum absolute atomic E-state index is 0.232. The van der Waals surface area contributed by atoms with E-state index in [1.165, 1.54) is 18.0 Å². The molecular formula is C14H10ClN5O2S. The molecule has 0 saturated heterocycles. The quantitative estimate of drug-likeness (QED) is 0.727. The predicted molar refractivity (Wildman–Crippen MR) is 85.9 cm³/mol. The van der Waals surface area contributed by atoms with E-state index < -0.39 is 5.69 Å². The van der Waals surface area contributed by atoms with Gasteiger partial charge in [0.2, 0.25) is 0 Å². The fourth-order valence-corrected chi connectivity index (χ4v) is 3.18. The minimum Gasteiger partial charge on any atom is -0.495 e. The van der Waals surface area contributed by atoms with Crippen LogP contribution in [0.25, 0.3) is 5.65 Å². The molecule has 0 spiro atoms. The molecule has 7 nitrogen and oxygen atoms in total. The summed E-state index contributed by atoms with van der Waals surface area (Å²) < 4.78 is 6.23. The van der Waals surface area contributed by atoms with Crippen LogP contribution in [0.5, 0.6) is 5.75 Å². The lowest BCUT2D eigenvalue weighted by Crippen LogP contribution is -2.19. The molecule has 0 radical (unpaired) electrons. The van der Waals surface area contributed by atoms with Crippen LogP contribution in [-0.4, -0.2) is 26.7 Å². The zero-order valence-electron chi connectivity index (χ0n) is 11.9. The lowest BCUT2D eigenvalue weighted by Gasteiger charge is -2.08. The van der Waals surface area contributed by atoms with Crippen molar-refractivity contribution in [2.75, 3.05) is 7.11 Å². The number of fused-ring (bicyclic) bond motifs is 1. The third-order valence-electron chi connectivity index (χ3n) is 3.11. The monoisotopic (exact) mass is 347 g/mol. The Hall–Kier alpha value is -2.50. The molecule has 9 heteroatoms. The lowest BCUT2D eigenvalue weighted by atomic mass is 10.2. The summed E-state index contributed by atoms with van der Waals surface area (Å²) in [5.74, 6) is 1.08. The summed E-state index contributed by atoms with van der Waals surface area (Å²) in [5, 5.41) is 13.7. The third kappa shape index (κ3) is 2.88. The van der Waals surface area contributed by atoms with E-state index in [0.717, 1.165) is 10.1 Å². The summed E-state index contributed by atoms with van der Waals surface area (Å²) in [4.78, 5) is 18.8. The fourth-order valence-electron chi connectivity index (χ4n) is 1.99. The normalized spacial score (nSPS) is 10.7. The van der Waals surface area contributed by atoms with Crippen molar-refractivity contribution in [3.05, 3.63) is 51.0 Å². The molecule has 3 aromatic rings. The number of nitrogens with one attached hydrogen (secondary N) is 1. The van der Waals surface area contributed by atoms with Crippen molar-refractivity contribution in [3.8, 4) is 11.8 Å². The van der Waals surface area contributed by atoms with Gasteiger partial charge in [-0.2, -0.15) is 14.9 Å². The molecular weight excluding hydrogens is 338 g/mol. The number of hydrogen-bond donors (Lipinski definition) is 1. The van der Waals surface area contributed by atoms with Crippen LogP contribution in [0, 0.1) is 11.3 Å². The maximum absolute atomic E-state index is 11.9. The second kappa shape index (κ2) is 6.32. The predicted octanol–water partition coefficient (Wildman–Crippen LogP) is 2.24. The SMILES string of the molecule is COc1cccc(CSc2nc3c(C#N)cnn3c(=O)[nH]2)c1Cl. The summed E-state index contributed by atoms with van der Waals surface area (Å²) in [6, 6.07) is 7.44. The molecule has 2 heterocycles. The van der Waals surface area contributed by atoms with Crippen LogP contribution < -0.4 is 10.4 Å². The molecule has 0 aliphatic carbocycles. The van der Waals surface area contributed by atoms with E-state index in [1.54, 1.807) is 13.2 Å². The van der Waals surface area contributed by atoms with Crippen molar-refractivity contribution in [1.82, 2.24) is 19.6 Å². The summed E-state index contributed by atoms with van der Waals surface area (Å²) in [7, 11) is 1.55. The van der Waals surface area contributed by atoms with Gasteiger partial charge in [-0.25, -0.2) is 9.78 Å². The number of halogens is 1. The summed E-state index contributed by atoms with van der Waals surface area (Å²) >= 11 is 7.55. The molecule has 116 valence electrons. The van der Waals surface area contributed by atoms with Crippen molar-refractivity contribution in [1.29, 1.82) is 5.26 Å². The standard InChI is InChI=1S/C14H10ClN5O2S/c1-22-10-4-2-3-8(11(10)15)7-23-13-18-12-9(5-16)6-17-20(12)14(21)19-13/h2-4,6H,7H2,1H3,(H,18,19,21). The number of H-pyrrole nitrogens is 1. The number of aromatic amines is 1. The van der Waals surface area contributed by atoms with Crippen LogP contribution in [0.1, 0.15) is 11.1 Å². The minimum atomic E-state index is -0.448. The highest BCUT2D eigenvalue weighted by atomic mass is 35.5. The van der Waals surface area contributed by atoms with Crippen molar-refractivity contribution < 1.29 is 4.74 Å². The van der Waals surface area contributed by atoms with Crippen LogP contribution in [0.15, 0.2) is 34.3 Å². The van der Waals surface area contributed by atoms with E-state index >= 15 is 0 Å². The number of benzene rings is 1. The van der Waals surface area contributed by atoms with E-state index in [9.17, 15) is 4.79 Å². The number of nitrogens with zero attached hydrogens (tertiary/aromatic N) is 4. The lowest BCUT2D eigenvalue weighted by molar-refractivity contribution is 0.414. The van der Waals surface area contributed by atoms with E-state index in [4.69, 9.17) is 21.6 Å². The fraction of sp³-hybridized carbons (Fsp3) is 0.143. The average molecular weight is 348 g/mol. The maximum atomic E-state index is 11.9. The number of methoxy groups -OCH3 is 1. The van der Waals surface area contributed by atoms with Gasteiger partial charge in [0.1, 0.15) is 17.4 Å². The van der Waals surface area contributed by atoms with Crippen LogP contribution in [0.3, 0.4) is 0 Å². The third-order valence-corrected chi connectivity index (χ3v) is 4.46. The first-order valence-electron chi connectivity index (χ1n) is 6.46. The van der Waals surface area contributed by atoms with E-state index in [1.807, 2.05) is 18.2 Å². The topological polar surface area (TPSA) is 96.1 Å². The van der Waals surface area contributed by atoms with Crippen LogP contribution in [0.2, 0.25) is 5.02 Å². The molecule has 0 fully saturated rings. The van der Waals surface area contributed by atoms with Crippen LogP contribution in [0.4, 0.5) is 0 Å². The molecule has 0 amide bonds. The van der Waals surface area contributed by atoms with Gasteiger partial charge in [-0.05, 0) is 11.6 Å². The Morgan fingerprint density at radius 3 is 3.09 bits per heavy atom. The van der Waals surface area contributed by atoms with Crippen molar-refractivity contribution in [3.63, 3.8) is 0 Å². The summed E-state index contributed by atoms with van der Waals surface area (Å²) in [6.07, 6.45) is 1.31. The highest BCUT2D eigenvalue weighted by Gasteiger charge is 2.12. The van der Waals surface area contributed by atoms with Crippen molar-refractivity contribution in [2.24, 2.45) is 0 Å². The van der Waals surface area contributed by atoms with E-state index in [2.05, 4.69) is 15.1 Å².